The van der Waals surface area contributed by atoms with Crippen LogP contribution in [0.1, 0.15) is 18.4 Å². The van der Waals surface area contributed by atoms with Crippen LogP contribution in [0.15, 0.2) is 23.1 Å². The summed E-state index contributed by atoms with van der Waals surface area (Å²) in [6, 6.07) is 1.96. The van der Waals surface area contributed by atoms with Gasteiger partial charge in [-0.05, 0) is 25.0 Å². The van der Waals surface area contributed by atoms with E-state index in [0.717, 1.165) is 12.1 Å². The summed E-state index contributed by atoms with van der Waals surface area (Å²) in [6.45, 7) is 0.755. The number of ether oxygens (including phenoxy) is 2. The van der Waals surface area contributed by atoms with Gasteiger partial charge in [-0.3, -0.25) is 0 Å². The highest BCUT2D eigenvalue weighted by Crippen LogP contribution is 2.33. The Balaban J connectivity index is 2.33. The van der Waals surface area contributed by atoms with Crippen LogP contribution in [0.2, 0.25) is 0 Å². The van der Waals surface area contributed by atoms with Gasteiger partial charge in [0.2, 0.25) is 10.0 Å². The molecule has 1 aromatic carbocycles. The lowest BCUT2D eigenvalue weighted by atomic mass is 10.1. The van der Waals surface area contributed by atoms with Crippen molar-refractivity contribution in [3.8, 4) is 5.75 Å². The summed E-state index contributed by atoms with van der Waals surface area (Å²) in [7, 11) is -2.91. The van der Waals surface area contributed by atoms with Crippen molar-refractivity contribution in [1.82, 2.24) is 4.72 Å². The number of hydrogen-bond acceptors (Lipinski definition) is 4. The molecule has 124 valence electrons. The zero-order valence-electron chi connectivity index (χ0n) is 11.8. The molecule has 0 unspecified atom stereocenters. The minimum Gasteiger partial charge on any atom is -0.497 e. The summed E-state index contributed by atoms with van der Waals surface area (Å²) >= 11 is 0. The quantitative estimate of drug-likeness (QED) is 0.913. The normalized spacial score (nSPS) is 19.9. The standard InChI is InChI=1S/C13H16F3NO4S/c1-20-11-5-9(13(14,15)16)6-12(7-11)22(18,19)17-10-3-2-4-21-8-10/h5-7,10,17H,2-4,8H2,1H3/t10-/m1/s1. The van der Waals surface area contributed by atoms with Crippen LogP contribution < -0.4 is 9.46 Å². The van der Waals surface area contributed by atoms with Gasteiger partial charge in [0.15, 0.2) is 0 Å². The molecule has 0 aromatic heterocycles. The molecule has 0 spiro atoms. The second-order valence-corrected chi connectivity index (χ2v) is 6.64. The van der Waals surface area contributed by atoms with Crippen LogP contribution in [0.25, 0.3) is 0 Å². The maximum atomic E-state index is 12.8. The monoisotopic (exact) mass is 339 g/mol. The molecule has 9 heteroatoms. The predicted octanol–water partition coefficient (Wildman–Crippen LogP) is 2.17. The summed E-state index contributed by atoms with van der Waals surface area (Å²) in [5, 5.41) is 0. The topological polar surface area (TPSA) is 64.6 Å². The third kappa shape index (κ3) is 4.11. The first-order valence-electron chi connectivity index (χ1n) is 6.59. The van der Waals surface area contributed by atoms with Gasteiger partial charge >= 0.3 is 6.18 Å². The number of methoxy groups -OCH3 is 1. The van der Waals surface area contributed by atoms with Crippen molar-refractivity contribution in [1.29, 1.82) is 0 Å². The average molecular weight is 339 g/mol. The molecule has 1 atom stereocenters. The Morgan fingerprint density at radius 3 is 2.59 bits per heavy atom. The maximum absolute atomic E-state index is 12.8. The summed E-state index contributed by atoms with van der Waals surface area (Å²) in [4.78, 5) is -0.482. The lowest BCUT2D eigenvalue weighted by Crippen LogP contribution is -2.40. The molecule has 0 saturated carbocycles. The number of rotatable bonds is 4. The van der Waals surface area contributed by atoms with Crippen molar-refractivity contribution in [2.75, 3.05) is 20.3 Å². The molecule has 0 amide bonds. The molecule has 1 heterocycles. The van der Waals surface area contributed by atoms with Crippen LogP contribution in [0, 0.1) is 0 Å². The Morgan fingerprint density at radius 2 is 2.05 bits per heavy atom. The van der Waals surface area contributed by atoms with Gasteiger partial charge < -0.3 is 9.47 Å². The summed E-state index contributed by atoms with van der Waals surface area (Å²) < 4.78 is 75.3. The number of hydrogen-bond donors (Lipinski definition) is 1. The van der Waals surface area contributed by atoms with Crippen molar-refractivity contribution in [3.05, 3.63) is 23.8 Å². The number of benzene rings is 1. The molecule has 2 rings (SSSR count). The van der Waals surface area contributed by atoms with E-state index in [2.05, 4.69) is 4.72 Å². The number of sulfonamides is 1. The van der Waals surface area contributed by atoms with E-state index in [1.165, 1.54) is 7.11 Å². The molecule has 22 heavy (non-hydrogen) atoms. The Labute approximate surface area is 126 Å². The van der Waals surface area contributed by atoms with E-state index < -0.39 is 32.7 Å². The molecule has 1 aromatic rings. The molecule has 1 aliphatic rings. The number of nitrogens with one attached hydrogen (secondary N) is 1. The van der Waals surface area contributed by atoms with Crippen LogP contribution in [-0.4, -0.2) is 34.8 Å². The first kappa shape index (κ1) is 17.0. The van der Waals surface area contributed by atoms with Gasteiger partial charge in [-0.2, -0.15) is 13.2 Å². The fourth-order valence-electron chi connectivity index (χ4n) is 2.13. The molecule has 1 fully saturated rings. The van der Waals surface area contributed by atoms with Gasteiger partial charge in [-0.15, -0.1) is 0 Å². The van der Waals surface area contributed by atoms with Crippen molar-refractivity contribution in [3.63, 3.8) is 0 Å². The molecular weight excluding hydrogens is 323 g/mol. The van der Waals surface area contributed by atoms with Crippen molar-refractivity contribution in [2.45, 2.75) is 30.0 Å². The molecule has 1 N–H and O–H groups in total. The zero-order valence-corrected chi connectivity index (χ0v) is 12.6. The average Bonchev–Trinajstić information content (AvgIpc) is 2.46. The Kier molecular flexibility index (Phi) is 4.98. The van der Waals surface area contributed by atoms with E-state index in [0.29, 0.717) is 25.5 Å². The van der Waals surface area contributed by atoms with Crippen molar-refractivity contribution >= 4 is 10.0 Å². The first-order valence-corrected chi connectivity index (χ1v) is 8.07. The van der Waals surface area contributed by atoms with E-state index in [1.807, 2.05) is 0 Å². The zero-order chi connectivity index (χ0) is 16.4. The van der Waals surface area contributed by atoms with Crippen LogP contribution in [-0.2, 0) is 20.9 Å². The highest BCUT2D eigenvalue weighted by atomic mass is 32.2. The van der Waals surface area contributed by atoms with Crippen molar-refractivity contribution < 1.29 is 31.1 Å². The summed E-state index contributed by atoms with van der Waals surface area (Å²) in [5.74, 6) is -0.171. The predicted molar refractivity (Wildman–Crippen MR) is 72.2 cm³/mol. The summed E-state index contributed by atoms with van der Waals surface area (Å²) in [6.07, 6.45) is -3.39. The third-order valence-electron chi connectivity index (χ3n) is 3.24. The number of halogens is 3. The van der Waals surface area contributed by atoms with E-state index >= 15 is 0 Å². The Morgan fingerprint density at radius 1 is 1.32 bits per heavy atom. The molecule has 1 aliphatic heterocycles. The second kappa shape index (κ2) is 6.43. The Hall–Kier alpha value is -1.32. The molecule has 5 nitrogen and oxygen atoms in total. The minimum atomic E-state index is -4.66. The summed E-state index contributed by atoms with van der Waals surface area (Å²) in [5.41, 5.74) is -1.08. The van der Waals surface area contributed by atoms with Gasteiger partial charge in [0, 0.05) is 18.7 Å². The van der Waals surface area contributed by atoms with Crippen LogP contribution >= 0.6 is 0 Å². The van der Waals surface area contributed by atoms with Crippen LogP contribution in [0.3, 0.4) is 0 Å². The van der Waals surface area contributed by atoms with Gasteiger partial charge in [0.05, 0.1) is 24.2 Å². The van der Waals surface area contributed by atoms with Crippen LogP contribution in [0.5, 0.6) is 5.75 Å². The Bertz CT molecular complexity index is 625. The molecule has 0 radical (unpaired) electrons. The molecular formula is C13H16F3NO4S. The van der Waals surface area contributed by atoms with Gasteiger partial charge in [0.25, 0.3) is 0 Å². The first-order chi connectivity index (χ1) is 10.2. The lowest BCUT2D eigenvalue weighted by molar-refractivity contribution is -0.137. The molecule has 1 saturated heterocycles. The highest BCUT2D eigenvalue weighted by molar-refractivity contribution is 7.89. The van der Waals surface area contributed by atoms with Gasteiger partial charge in [0.1, 0.15) is 5.75 Å². The molecule has 0 aliphatic carbocycles. The van der Waals surface area contributed by atoms with Gasteiger partial charge in [-0.25, -0.2) is 13.1 Å². The highest BCUT2D eigenvalue weighted by Gasteiger charge is 2.33. The van der Waals surface area contributed by atoms with E-state index in [9.17, 15) is 21.6 Å². The SMILES string of the molecule is COc1cc(C(F)(F)F)cc(S(=O)(=O)N[C@@H]2CCCOC2)c1. The fraction of sp³-hybridized carbons (Fsp3) is 0.538. The second-order valence-electron chi connectivity index (χ2n) is 4.93. The van der Waals surface area contributed by atoms with Crippen LogP contribution in [0.4, 0.5) is 13.2 Å². The maximum Gasteiger partial charge on any atom is 0.416 e. The number of alkyl halides is 3. The van der Waals surface area contributed by atoms with E-state index in [-0.39, 0.29) is 12.4 Å². The van der Waals surface area contributed by atoms with Gasteiger partial charge in [-0.1, -0.05) is 0 Å². The molecule has 0 bridgehead atoms. The lowest BCUT2D eigenvalue weighted by Gasteiger charge is -2.23. The minimum absolute atomic E-state index is 0.171. The van der Waals surface area contributed by atoms with E-state index in [4.69, 9.17) is 9.47 Å². The third-order valence-corrected chi connectivity index (χ3v) is 4.74. The largest absolute Gasteiger partial charge is 0.497 e. The van der Waals surface area contributed by atoms with Crippen molar-refractivity contribution in [2.24, 2.45) is 0 Å². The fourth-order valence-corrected chi connectivity index (χ4v) is 3.44. The van der Waals surface area contributed by atoms with E-state index in [1.54, 1.807) is 0 Å². The smallest absolute Gasteiger partial charge is 0.416 e.